The SMILES string of the molecule is CNC(=O)[C@H](c1ccccc1)N(CCCc1ccc(C)cc1)c1ccc(F)c(C)c1. The van der Waals surface area contributed by atoms with Crippen LogP contribution in [-0.2, 0) is 11.2 Å². The van der Waals surface area contributed by atoms with Crippen molar-refractivity contribution < 1.29 is 9.18 Å². The zero-order valence-electron chi connectivity index (χ0n) is 17.9. The molecule has 3 nitrogen and oxygen atoms in total. The lowest BCUT2D eigenvalue weighted by Gasteiger charge is -2.33. The Kier molecular flexibility index (Phi) is 7.23. The lowest BCUT2D eigenvalue weighted by Crippen LogP contribution is -2.40. The summed E-state index contributed by atoms with van der Waals surface area (Å²) in [6.45, 7) is 4.50. The van der Waals surface area contributed by atoms with Crippen molar-refractivity contribution in [1.82, 2.24) is 5.32 Å². The zero-order chi connectivity index (χ0) is 21.5. The molecule has 0 heterocycles. The van der Waals surface area contributed by atoms with Crippen LogP contribution in [0.25, 0.3) is 0 Å². The monoisotopic (exact) mass is 404 g/mol. The summed E-state index contributed by atoms with van der Waals surface area (Å²) in [5, 5.41) is 2.80. The highest BCUT2D eigenvalue weighted by Crippen LogP contribution is 2.29. The second-order valence-corrected chi connectivity index (χ2v) is 7.64. The van der Waals surface area contributed by atoms with Crippen molar-refractivity contribution in [3.63, 3.8) is 0 Å². The second-order valence-electron chi connectivity index (χ2n) is 7.64. The van der Waals surface area contributed by atoms with E-state index in [1.807, 2.05) is 36.4 Å². The number of aryl methyl sites for hydroxylation is 3. The van der Waals surface area contributed by atoms with Crippen molar-refractivity contribution in [3.05, 3.63) is 101 Å². The largest absolute Gasteiger partial charge is 0.357 e. The van der Waals surface area contributed by atoms with Crippen LogP contribution in [0, 0.1) is 19.7 Å². The van der Waals surface area contributed by atoms with Crippen molar-refractivity contribution in [2.24, 2.45) is 0 Å². The number of hydrogen-bond acceptors (Lipinski definition) is 2. The van der Waals surface area contributed by atoms with Crippen LogP contribution in [0.15, 0.2) is 72.8 Å². The van der Waals surface area contributed by atoms with Gasteiger partial charge in [0, 0.05) is 19.3 Å². The van der Waals surface area contributed by atoms with Crippen molar-refractivity contribution in [3.8, 4) is 0 Å². The standard InChI is InChI=1S/C26H29FN2O/c1-19-11-13-21(14-12-19)8-7-17-29(23-15-16-24(27)20(2)18-23)25(26(30)28-3)22-9-5-4-6-10-22/h4-6,9-16,18,25H,7-8,17H2,1-3H3,(H,28,30)/t25-/m0/s1. The molecule has 0 spiro atoms. The van der Waals surface area contributed by atoms with Gasteiger partial charge in [0.1, 0.15) is 11.9 Å². The van der Waals surface area contributed by atoms with Gasteiger partial charge < -0.3 is 10.2 Å². The molecule has 1 amide bonds. The van der Waals surface area contributed by atoms with Crippen molar-refractivity contribution in [2.45, 2.75) is 32.7 Å². The number of likely N-dealkylation sites (N-methyl/N-ethyl adjacent to an activating group) is 1. The van der Waals surface area contributed by atoms with E-state index in [2.05, 4.69) is 41.4 Å². The van der Waals surface area contributed by atoms with Gasteiger partial charge in [-0.25, -0.2) is 4.39 Å². The minimum Gasteiger partial charge on any atom is -0.357 e. The number of benzene rings is 3. The highest BCUT2D eigenvalue weighted by Gasteiger charge is 2.27. The molecular formula is C26H29FN2O. The van der Waals surface area contributed by atoms with E-state index in [0.29, 0.717) is 12.1 Å². The molecule has 0 bridgehead atoms. The number of carbonyl (C=O) groups is 1. The molecule has 0 radical (unpaired) electrons. The summed E-state index contributed by atoms with van der Waals surface area (Å²) in [6.07, 6.45) is 1.78. The van der Waals surface area contributed by atoms with E-state index in [9.17, 15) is 9.18 Å². The van der Waals surface area contributed by atoms with Crippen LogP contribution >= 0.6 is 0 Å². The number of hydrogen-bond donors (Lipinski definition) is 1. The fourth-order valence-corrected chi connectivity index (χ4v) is 3.67. The molecule has 1 atom stereocenters. The Bertz CT molecular complexity index is 970. The fraction of sp³-hybridized carbons (Fsp3) is 0.269. The molecule has 156 valence electrons. The molecule has 0 aromatic heterocycles. The summed E-state index contributed by atoms with van der Waals surface area (Å²) in [5.41, 5.74) is 4.84. The van der Waals surface area contributed by atoms with Crippen molar-refractivity contribution in [2.75, 3.05) is 18.5 Å². The topological polar surface area (TPSA) is 32.3 Å². The van der Waals surface area contributed by atoms with E-state index in [-0.39, 0.29) is 11.7 Å². The summed E-state index contributed by atoms with van der Waals surface area (Å²) < 4.78 is 13.9. The minimum atomic E-state index is -0.487. The third kappa shape index (κ3) is 5.26. The molecule has 1 N–H and O–H groups in total. The minimum absolute atomic E-state index is 0.0847. The van der Waals surface area contributed by atoms with Gasteiger partial charge in [-0.3, -0.25) is 4.79 Å². The predicted molar refractivity (Wildman–Crippen MR) is 121 cm³/mol. The first-order valence-corrected chi connectivity index (χ1v) is 10.3. The Hall–Kier alpha value is -3.14. The van der Waals surface area contributed by atoms with E-state index in [4.69, 9.17) is 0 Å². The smallest absolute Gasteiger partial charge is 0.247 e. The molecule has 4 heteroatoms. The normalized spacial score (nSPS) is 11.7. The Morgan fingerprint density at radius 2 is 1.70 bits per heavy atom. The molecule has 0 saturated heterocycles. The Morgan fingerprint density at radius 1 is 1.00 bits per heavy atom. The van der Waals surface area contributed by atoms with Gasteiger partial charge in [0.25, 0.3) is 0 Å². The number of carbonyl (C=O) groups excluding carboxylic acids is 1. The van der Waals surface area contributed by atoms with E-state index in [0.717, 1.165) is 24.1 Å². The third-order valence-corrected chi connectivity index (χ3v) is 5.38. The third-order valence-electron chi connectivity index (χ3n) is 5.38. The molecule has 0 saturated carbocycles. The quantitative estimate of drug-likeness (QED) is 0.547. The number of rotatable bonds is 8. The number of nitrogens with zero attached hydrogens (tertiary/aromatic N) is 1. The van der Waals surface area contributed by atoms with Gasteiger partial charge in [-0.15, -0.1) is 0 Å². The van der Waals surface area contributed by atoms with Gasteiger partial charge in [-0.1, -0.05) is 60.2 Å². The summed E-state index contributed by atoms with van der Waals surface area (Å²) in [7, 11) is 1.65. The van der Waals surface area contributed by atoms with Crippen LogP contribution < -0.4 is 10.2 Å². The molecule has 3 rings (SSSR count). The van der Waals surface area contributed by atoms with Crippen LogP contribution in [0.2, 0.25) is 0 Å². The van der Waals surface area contributed by atoms with Crippen molar-refractivity contribution >= 4 is 11.6 Å². The lowest BCUT2D eigenvalue weighted by atomic mass is 10.0. The molecule has 0 fully saturated rings. The van der Waals surface area contributed by atoms with Gasteiger partial charge >= 0.3 is 0 Å². The highest BCUT2D eigenvalue weighted by molar-refractivity contribution is 5.86. The first kappa shape index (κ1) is 21.6. The zero-order valence-corrected chi connectivity index (χ0v) is 17.9. The van der Waals surface area contributed by atoms with Crippen LogP contribution in [0.3, 0.4) is 0 Å². The maximum Gasteiger partial charge on any atom is 0.247 e. The average Bonchev–Trinajstić information content (AvgIpc) is 2.76. The summed E-state index contributed by atoms with van der Waals surface area (Å²) in [4.78, 5) is 15.0. The number of halogens is 1. The highest BCUT2D eigenvalue weighted by atomic mass is 19.1. The molecule has 0 aliphatic heterocycles. The van der Waals surface area contributed by atoms with Crippen LogP contribution in [0.5, 0.6) is 0 Å². The van der Waals surface area contributed by atoms with Gasteiger partial charge in [-0.2, -0.15) is 0 Å². The Morgan fingerprint density at radius 3 is 2.33 bits per heavy atom. The molecule has 0 unspecified atom stereocenters. The Labute approximate surface area is 178 Å². The maximum atomic E-state index is 13.9. The van der Waals surface area contributed by atoms with Gasteiger partial charge in [0.15, 0.2) is 0 Å². The van der Waals surface area contributed by atoms with Crippen molar-refractivity contribution in [1.29, 1.82) is 0 Å². The first-order chi connectivity index (χ1) is 14.5. The van der Waals surface area contributed by atoms with E-state index < -0.39 is 6.04 Å². The first-order valence-electron chi connectivity index (χ1n) is 10.3. The summed E-state index contributed by atoms with van der Waals surface area (Å²) >= 11 is 0. The molecule has 0 aliphatic carbocycles. The summed E-state index contributed by atoms with van der Waals surface area (Å²) in [6, 6.07) is 22.8. The predicted octanol–water partition coefficient (Wildman–Crippen LogP) is 5.37. The molecule has 3 aromatic carbocycles. The molecule has 30 heavy (non-hydrogen) atoms. The van der Waals surface area contributed by atoms with Crippen LogP contribution in [-0.4, -0.2) is 19.5 Å². The van der Waals surface area contributed by atoms with Gasteiger partial charge in [-0.05, 0) is 61.6 Å². The van der Waals surface area contributed by atoms with E-state index in [1.165, 1.54) is 17.2 Å². The lowest BCUT2D eigenvalue weighted by molar-refractivity contribution is -0.122. The van der Waals surface area contributed by atoms with Crippen LogP contribution in [0.1, 0.15) is 34.7 Å². The number of anilines is 1. The number of amides is 1. The summed E-state index contributed by atoms with van der Waals surface area (Å²) in [5.74, 6) is -0.326. The second kappa shape index (κ2) is 10.1. The van der Waals surface area contributed by atoms with E-state index in [1.54, 1.807) is 20.0 Å². The fourth-order valence-electron chi connectivity index (χ4n) is 3.67. The molecular weight excluding hydrogens is 375 g/mol. The van der Waals surface area contributed by atoms with Gasteiger partial charge in [0.2, 0.25) is 5.91 Å². The Balaban J connectivity index is 1.91. The van der Waals surface area contributed by atoms with Gasteiger partial charge in [0.05, 0.1) is 0 Å². The van der Waals surface area contributed by atoms with Crippen LogP contribution in [0.4, 0.5) is 10.1 Å². The molecule has 0 aliphatic rings. The maximum absolute atomic E-state index is 13.9. The van der Waals surface area contributed by atoms with E-state index >= 15 is 0 Å². The average molecular weight is 405 g/mol. The number of nitrogens with one attached hydrogen (secondary N) is 1. The molecule has 3 aromatic rings.